The SMILES string of the molecule is CCN(CC)C(=O)CSc1nc2ccsc2c(=O)n1-c1ccccc1. The van der Waals surface area contributed by atoms with Gasteiger partial charge in [-0.15, -0.1) is 11.3 Å². The summed E-state index contributed by atoms with van der Waals surface area (Å²) in [5.74, 6) is 0.311. The fourth-order valence-corrected chi connectivity index (χ4v) is 4.26. The van der Waals surface area contributed by atoms with Crippen molar-refractivity contribution in [2.45, 2.75) is 19.0 Å². The number of benzene rings is 1. The molecule has 5 nitrogen and oxygen atoms in total. The Hall–Kier alpha value is -2.12. The van der Waals surface area contributed by atoms with Crippen molar-refractivity contribution in [2.24, 2.45) is 0 Å². The molecule has 1 amide bonds. The minimum absolute atomic E-state index is 0.0503. The summed E-state index contributed by atoms with van der Waals surface area (Å²) in [7, 11) is 0. The van der Waals surface area contributed by atoms with Crippen LogP contribution in [0.4, 0.5) is 0 Å². The maximum absolute atomic E-state index is 12.9. The van der Waals surface area contributed by atoms with Crippen molar-refractivity contribution < 1.29 is 4.79 Å². The molecule has 0 aliphatic carbocycles. The van der Waals surface area contributed by atoms with E-state index in [0.29, 0.717) is 28.5 Å². The largest absolute Gasteiger partial charge is 0.343 e. The summed E-state index contributed by atoms with van der Waals surface area (Å²) in [6, 6.07) is 11.3. The van der Waals surface area contributed by atoms with Crippen LogP contribution < -0.4 is 5.56 Å². The molecule has 0 aliphatic heterocycles. The highest BCUT2D eigenvalue weighted by molar-refractivity contribution is 7.99. The molecule has 1 aromatic carbocycles. The van der Waals surface area contributed by atoms with E-state index in [0.717, 1.165) is 5.69 Å². The van der Waals surface area contributed by atoms with Gasteiger partial charge in [-0.1, -0.05) is 30.0 Å². The number of nitrogens with zero attached hydrogens (tertiary/aromatic N) is 3. The molecule has 0 radical (unpaired) electrons. The zero-order chi connectivity index (χ0) is 17.8. The van der Waals surface area contributed by atoms with Gasteiger partial charge in [0.05, 0.1) is 17.0 Å². The van der Waals surface area contributed by atoms with Crippen LogP contribution >= 0.6 is 23.1 Å². The van der Waals surface area contributed by atoms with Gasteiger partial charge < -0.3 is 4.90 Å². The molecule has 0 N–H and O–H groups in total. The fraction of sp³-hybridized carbons (Fsp3) is 0.278. The molecule has 25 heavy (non-hydrogen) atoms. The Morgan fingerprint density at radius 1 is 1.20 bits per heavy atom. The molecule has 0 saturated heterocycles. The third-order valence-electron chi connectivity index (χ3n) is 3.90. The molecule has 3 aromatic rings. The van der Waals surface area contributed by atoms with Gasteiger partial charge in [0.1, 0.15) is 4.70 Å². The molecular weight excluding hydrogens is 354 g/mol. The summed E-state index contributed by atoms with van der Waals surface area (Å²) in [5, 5.41) is 2.41. The lowest BCUT2D eigenvalue weighted by Gasteiger charge is -2.18. The van der Waals surface area contributed by atoms with E-state index in [2.05, 4.69) is 4.98 Å². The van der Waals surface area contributed by atoms with Crippen LogP contribution in [0.1, 0.15) is 13.8 Å². The maximum Gasteiger partial charge on any atom is 0.276 e. The Labute approximate surface area is 154 Å². The van der Waals surface area contributed by atoms with Crippen LogP contribution in [0.3, 0.4) is 0 Å². The van der Waals surface area contributed by atoms with Crippen molar-refractivity contribution in [3.8, 4) is 5.69 Å². The van der Waals surface area contributed by atoms with E-state index in [1.165, 1.54) is 23.1 Å². The molecule has 130 valence electrons. The van der Waals surface area contributed by atoms with E-state index in [4.69, 9.17) is 0 Å². The standard InChI is InChI=1S/C18H19N3O2S2/c1-3-20(4-2)15(22)12-25-18-19-14-10-11-24-16(14)17(23)21(18)13-8-6-5-7-9-13/h5-11H,3-4,12H2,1-2H3. The quantitative estimate of drug-likeness (QED) is 0.491. The summed E-state index contributed by atoms with van der Waals surface area (Å²) in [6.45, 7) is 5.28. The minimum Gasteiger partial charge on any atom is -0.343 e. The lowest BCUT2D eigenvalue weighted by Crippen LogP contribution is -2.32. The molecule has 3 rings (SSSR count). The van der Waals surface area contributed by atoms with Crippen LogP contribution in [0, 0.1) is 0 Å². The first-order valence-corrected chi connectivity index (χ1v) is 9.98. The van der Waals surface area contributed by atoms with Crippen molar-refractivity contribution in [2.75, 3.05) is 18.8 Å². The highest BCUT2D eigenvalue weighted by Gasteiger charge is 2.17. The van der Waals surface area contributed by atoms with Crippen LogP contribution in [0.2, 0.25) is 0 Å². The molecule has 0 spiro atoms. The lowest BCUT2D eigenvalue weighted by molar-refractivity contribution is -0.127. The van der Waals surface area contributed by atoms with Gasteiger partial charge in [0, 0.05) is 13.1 Å². The van der Waals surface area contributed by atoms with E-state index in [1.807, 2.05) is 55.6 Å². The Morgan fingerprint density at radius 3 is 2.60 bits per heavy atom. The zero-order valence-corrected chi connectivity index (χ0v) is 15.8. The Balaban J connectivity index is 2.02. The van der Waals surface area contributed by atoms with Gasteiger partial charge in [0.15, 0.2) is 5.16 Å². The Kier molecular flexibility index (Phi) is 5.55. The van der Waals surface area contributed by atoms with E-state index < -0.39 is 0 Å². The second-order valence-electron chi connectivity index (χ2n) is 5.36. The van der Waals surface area contributed by atoms with Gasteiger partial charge in [0.25, 0.3) is 5.56 Å². The monoisotopic (exact) mass is 373 g/mol. The van der Waals surface area contributed by atoms with Gasteiger partial charge in [-0.3, -0.25) is 14.2 Å². The average molecular weight is 374 g/mol. The molecular formula is C18H19N3O2S2. The number of amides is 1. The van der Waals surface area contributed by atoms with Crippen LogP contribution in [-0.4, -0.2) is 39.2 Å². The smallest absolute Gasteiger partial charge is 0.276 e. The number of hydrogen-bond acceptors (Lipinski definition) is 5. The zero-order valence-electron chi connectivity index (χ0n) is 14.1. The molecule has 0 saturated carbocycles. The summed E-state index contributed by atoms with van der Waals surface area (Å²) >= 11 is 2.69. The van der Waals surface area contributed by atoms with Gasteiger partial charge in [-0.05, 0) is 37.4 Å². The van der Waals surface area contributed by atoms with Crippen LogP contribution in [0.25, 0.3) is 15.9 Å². The molecule has 7 heteroatoms. The van der Waals surface area contributed by atoms with Gasteiger partial charge in [-0.2, -0.15) is 0 Å². The first kappa shape index (κ1) is 17.7. The number of carbonyl (C=O) groups is 1. The first-order valence-electron chi connectivity index (χ1n) is 8.12. The fourth-order valence-electron chi connectivity index (χ4n) is 2.59. The van der Waals surface area contributed by atoms with Crippen molar-refractivity contribution in [1.29, 1.82) is 0 Å². The Morgan fingerprint density at radius 2 is 1.92 bits per heavy atom. The number of thioether (sulfide) groups is 1. The number of carbonyl (C=O) groups excluding carboxylic acids is 1. The maximum atomic E-state index is 12.9. The molecule has 0 fully saturated rings. The van der Waals surface area contributed by atoms with Gasteiger partial charge in [-0.25, -0.2) is 4.98 Å². The molecule has 0 atom stereocenters. The first-order chi connectivity index (χ1) is 12.2. The number of aromatic nitrogens is 2. The van der Waals surface area contributed by atoms with E-state index in [1.54, 1.807) is 9.47 Å². The minimum atomic E-state index is -0.0935. The number of rotatable bonds is 6. The van der Waals surface area contributed by atoms with Crippen molar-refractivity contribution >= 4 is 39.2 Å². The summed E-state index contributed by atoms with van der Waals surface area (Å²) in [6.07, 6.45) is 0. The highest BCUT2D eigenvalue weighted by Crippen LogP contribution is 2.23. The van der Waals surface area contributed by atoms with E-state index >= 15 is 0 Å². The van der Waals surface area contributed by atoms with Crippen molar-refractivity contribution in [1.82, 2.24) is 14.5 Å². The molecule has 2 aromatic heterocycles. The Bertz CT molecular complexity index is 930. The van der Waals surface area contributed by atoms with Gasteiger partial charge in [0.2, 0.25) is 5.91 Å². The van der Waals surface area contributed by atoms with Crippen LogP contribution in [0.5, 0.6) is 0 Å². The molecule has 2 heterocycles. The normalized spacial score (nSPS) is 11.0. The second kappa shape index (κ2) is 7.84. The topological polar surface area (TPSA) is 55.2 Å². The van der Waals surface area contributed by atoms with Crippen LogP contribution in [0.15, 0.2) is 51.7 Å². The van der Waals surface area contributed by atoms with Gasteiger partial charge >= 0.3 is 0 Å². The molecule has 0 aliphatic rings. The highest BCUT2D eigenvalue weighted by atomic mass is 32.2. The van der Waals surface area contributed by atoms with Crippen molar-refractivity contribution in [3.05, 3.63) is 52.1 Å². The van der Waals surface area contributed by atoms with E-state index in [9.17, 15) is 9.59 Å². The third kappa shape index (κ3) is 3.62. The number of para-hydroxylation sites is 1. The number of thiophene rings is 1. The predicted octanol–water partition coefficient (Wildman–Crippen LogP) is 3.41. The van der Waals surface area contributed by atoms with E-state index in [-0.39, 0.29) is 17.2 Å². The average Bonchev–Trinajstić information content (AvgIpc) is 3.10. The predicted molar refractivity (Wildman–Crippen MR) is 104 cm³/mol. The van der Waals surface area contributed by atoms with Crippen LogP contribution in [-0.2, 0) is 4.79 Å². The summed E-state index contributed by atoms with van der Waals surface area (Å²) in [5.41, 5.74) is 1.34. The molecule has 0 unspecified atom stereocenters. The third-order valence-corrected chi connectivity index (χ3v) is 5.72. The lowest BCUT2D eigenvalue weighted by atomic mass is 10.3. The van der Waals surface area contributed by atoms with Crippen molar-refractivity contribution in [3.63, 3.8) is 0 Å². The summed E-state index contributed by atoms with van der Waals surface area (Å²) in [4.78, 5) is 31.6. The second-order valence-corrected chi connectivity index (χ2v) is 7.22. The number of fused-ring (bicyclic) bond motifs is 1. The summed E-state index contributed by atoms with van der Waals surface area (Å²) < 4.78 is 2.22. The number of hydrogen-bond donors (Lipinski definition) is 0. The molecule has 0 bridgehead atoms.